The molecule has 0 aliphatic carbocycles. The molecule has 0 saturated heterocycles. The number of halogens is 3. The van der Waals surface area contributed by atoms with E-state index in [0.29, 0.717) is 18.4 Å². The number of nitro benzene ring substituents is 1. The van der Waals surface area contributed by atoms with Crippen molar-refractivity contribution in [1.29, 1.82) is 0 Å². The van der Waals surface area contributed by atoms with Gasteiger partial charge in [-0.15, -0.1) is 0 Å². The van der Waals surface area contributed by atoms with Crippen LogP contribution in [0.5, 0.6) is 11.5 Å². The molecule has 3 aromatic rings. The number of rotatable bonds is 4. The van der Waals surface area contributed by atoms with Crippen molar-refractivity contribution in [2.75, 3.05) is 0 Å². The highest BCUT2D eigenvalue weighted by atomic mass is 19.4. The molecule has 1 heterocycles. The maximum atomic E-state index is 12.9. The summed E-state index contributed by atoms with van der Waals surface area (Å²) >= 11 is 0. The molecule has 8 nitrogen and oxygen atoms in total. The maximum absolute atomic E-state index is 12.9. The van der Waals surface area contributed by atoms with Crippen LogP contribution in [-0.2, 0) is 10.9 Å². The Kier molecular flexibility index (Phi) is 4.46. The van der Waals surface area contributed by atoms with Crippen molar-refractivity contribution in [3.05, 3.63) is 74.8 Å². The van der Waals surface area contributed by atoms with Gasteiger partial charge in [0.2, 0.25) is 5.75 Å². The number of alkyl halides is 3. The van der Waals surface area contributed by atoms with E-state index in [-0.39, 0.29) is 33.2 Å². The second-order valence-corrected chi connectivity index (χ2v) is 6.40. The number of hydrogen-bond acceptors (Lipinski definition) is 7. The van der Waals surface area contributed by atoms with Crippen molar-refractivity contribution < 1.29 is 42.0 Å². The van der Waals surface area contributed by atoms with Gasteiger partial charge in [0.05, 0.1) is 21.6 Å². The van der Waals surface area contributed by atoms with Crippen LogP contribution in [0.25, 0.3) is 10.8 Å². The van der Waals surface area contributed by atoms with E-state index in [4.69, 9.17) is 4.74 Å². The molecule has 1 aliphatic heterocycles. The molecule has 0 amide bonds. The summed E-state index contributed by atoms with van der Waals surface area (Å²) in [6.07, 6.45) is -4.51. The second-order valence-electron chi connectivity index (χ2n) is 6.40. The predicted octanol–water partition coefficient (Wildman–Crippen LogP) is 4.68. The van der Waals surface area contributed by atoms with Crippen LogP contribution in [0, 0.1) is 10.1 Å². The molecule has 0 radical (unpaired) electrons. The number of cyclic esters (lactones) is 2. The van der Waals surface area contributed by atoms with Gasteiger partial charge in [0.25, 0.3) is 0 Å². The standard InChI is InChI=1S/C20H8F3NO7/c21-20(22,23)10-4-5-14(13(7-10)24(28)29)30-15-6-9(8-25)16-17-11(15)2-1-3-12(17)18(26)31-19(16)27/h1-8H. The monoisotopic (exact) mass is 431 g/mol. The highest BCUT2D eigenvalue weighted by molar-refractivity contribution is 6.24. The Morgan fingerprint density at radius 2 is 1.77 bits per heavy atom. The second kappa shape index (κ2) is 6.90. The minimum Gasteiger partial charge on any atom is -0.449 e. The number of aldehydes is 1. The van der Waals surface area contributed by atoms with Crippen LogP contribution in [0.15, 0.2) is 42.5 Å². The topological polar surface area (TPSA) is 113 Å². The van der Waals surface area contributed by atoms with Gasteiger partial charge in [-0.25, -0.2) is 9.59 Å². The molecule has 0 spiro atoms. The molecular weight excluding hydrogens is 423 g/mol. The van der Waals surface area contributed by atoms with E-state index in [2.05, 4.69) is 4.74 Å². The number of esters is 2. The third-order valence-electron chi connectivity index (χ3n) is 4.59. The number of carbonyl (C=O) groups excluding carboxylic acids is 3. The first-order chi connectivity index (χ1) is 14.6. The van der Waals surface area contributed by atoms with Crippen molar-refractivity contribution in [1.82, 2.24) is 0 Å². The molecule has 0 fully saturated rings. The van der Waals surface area contributed by atoms with Crippen LogP contribution >= 0.6 is 0 Å². The first kappa shape index (κ1) is 20.0. The van der Waals surface area contributed by atoms with E-state index in [0.717, 1.165) is 12.1 Å². The average molecular weight is 431 g/mol. The lowest BCUT2D eigenvalue weighted by atomic mass is 9.93. The van der Waals surface area contributed by atoms with Crippen molar-refractivity contribution in [3.8, 4) is 11.5 Å². The smallest absolute Gasteiger partial charge is 0.416 e. The Hall–Kier alpha value is -4.28. The van der Waals surface area contributed by atoms with Gasteiger partial charge in [0.15, 0.2) is 6.29 Å². The minimum atomic E-state index is -4.81. The van der Waals surface area contributed by atoms with E-state index in [1.807, 2.05) is 0 Å². The lowest BCUT2D eigenvalue weighted by Gasteiger charge is -2.19. The highest BCUT2D eigenvalue weighted by Crippen LogP contribution is 2.42. The summed E-state index contributed by atoms with van der Waals surface area (Å²) < 4.78 is 48.9. The van der Waals surface area contributed by atoms with Crippen molar-refractivity contribution >= 4 is 34.7 Å². The van der Waals surface area contributed by atoms with Gasteiger partial charge in [0.1, 0.15) is 5.75 Å². The van der Waals surface area contributed by atoms with Crippen molar-refractivity contribution in [2.45, 2.75) is 6.18 Å². The molecule has 31 heavy (non-hydrogen) atoms. The third kappa shape index (κ3) is 3.25. The third-order valence-corrected chi connectivity index (χ3v) is 4.59. The lowest BCUT2D eigenvalue weighted by molar-refractivity contribution is -0.385. The summed E-state index contributed by atoms with van der Waals surface area (Å²) in [5.41, 5.74) is -2.65. The molecule has 3 aromatic carbocycles. The maximum Gasteiger partial charge on any atom is 0.416 e. The predicted molar refractivity (Wildman–Crippen MR) is 97.3 cm³/mol. The summed E-state index contributed by atoms with van der Waals surface area (Å²) in [6, 6.07) is 6.99. The summed E-state index contributed by atoms with van der Waals surface area (Å²) in [5, 5.41) is 11.5. The molecule has 11 heteroatoms. The van der Waals surface area contributed by atoms with Crippen molar-refractivity contribution in [2.24, 2.45) is 0 Å². The van der Waals surface area contributed by atoms with E-state index in [1.54, 1.807) is 0 Å². The van der Waals surface area contributed by atoms with E-state index >= 15 is 0 Å². The SMILES string of the molecule is O=Cc1cc(Oc2ccc(C(F)(F)F)cc2[N+](=O)[O-])c2cccc3c2c1C(=O)OC3=O. The van der Waals surface area contributed by atoms with Crippen LogP contribution in [0.2, 0.25) is 0 Å². The van der Waals surface area contributed by atoms with Crippen LogP contribution < -0.4 is 4.74 Å². The zero-order chi connectivity index (χ0) is 22.5. The lowest BCUT2D eigenvalue weighted by Crippen LogP contribution is -2.21. The number of carbonyl (C=O) groups is 3. The number of nitrogens with zero attached hydrogens (tertiary/aromatic N) is 1. The Balaban J connectivity index is 1.95. The average Bonchev–Trinajstić information content (AvgIpc) is 2.71. The summed E-state index contributed by atoms with van der Waals surface area (Å²) in [4.78, 5) is 46.1. The molecule has 1 aliphatic rings. The first-order valence-corrected chi connectivity index (χ1v) is 8.46. The Morgan fingerprint density at radius 3 is 2.42 bits per heavy atom. The minimum absolute atomic E-state index is 0.0393. The Morgan fingerprint density at radius 1 is 1.03 bits per heavy atom. The van der Waals surface area contributed by atoms with Gasteiger partial charge < -0.3 is 9.47 Å². The normalized spacial score (nSPS) is 13.1. The summed E-state index contributed by atoms with van der Waals surface area (Å²) in [7, 11) is 0. The fourth-order valence-corrected chi connectivity index (χ4v) is 3.26. The number of nitro groups is 1. The van der Waals surface area contributed by atoms with E-state index in [9.17, 15) is 37.7 Å². The Bertz CT molecular complexity index is 1310. The summed E-state index contributed by atoms with van der Waals surface area (Å²) in [5.74, 6) is -2.71. The molecule has 0 unspecified atom stereocenters. The zero-order valence-corrected chi connectivity index (χ0v) is 15.1. The fourth-order valence-electron chi connectivity index (χ4n) is 3.26. The molecule has 156 valence electrons. The molecule has 4 rings (SSSR count). The number of benzene rings is 3. The summed E-state index contributed by atoms with van der Waals surface area (Å²) in [6.45, 7) is 0. The van der Waals surface area contributed by atoms with Gasteiger partial charge in [-0.05, 0) is 24.3 Å². The van der Waals surface area contributed by atoms with Gasteiger partial charge in [-0.2, -0.15) is 13.2 Å². The molecular formula is C20H8F3NO7. The van der Waals surface area contributed by atoms with Crippen molar-refractivity contribution in [3.63, 3.8) is 0 Å². The molecule has 0 aromatic heterocycles. The molecule has 0 atom stereocenters. The largest absolute Gasteiger partial charge is 0.449 e. The quantitative estimate of drug-likeness (QED) is 0.194. The van der Waals surface area contributed by atoms with E-state index < -0.39 is 40.0 Å². The van der Waals surface area contributed by atoms with Crippen LogP contribution in [0.4, 0.5) is 18.9 Å². The van der Waals surface area contributed by atoms with Crippen LogP contribution in [-0.4, -0.2) is 23.1 Å². The zero-order valence-electron chi connectivity index (χ0n) is 15.1. The van der Waals surface area contributed by atoms with Crippen LogP contribution in [0.1, 0.15) is 36.6 Å². The number of ether oxygens (including phenoxy) is 2. The van der Waals surface area contributed by atoms with Gasteiger partial charge in [-0.3, -0.25) is 14.9 Å². The molecule has 0 saturated carbocycles. The van der Waals surface area contributed by atoms with Gasteiger partial charge >= 0.3 is 23.8 Å². The van der Waals surface area contributed by atoms with E-state index in [1.165, 1.54) is 18.2 Å². The van der Waals surface area contributed by atoms with Gasteiger partial charge in [0, 0.05) is 22.4 Å². The molecule has 0 bridgehead atoms. The Labute approximate surface area is 169 Å². The fraction of sp³-hybridized carbons (Fsp3) is 0.0500. The molecule has 0 N–H and O–H groups in total. The number of hydrogen-bond donors (Lipinski definition) is 0. The first-order valence-electron chi connectivity index (χ1n) is 8.46. The van der Waals surface area contributed by atoms with Crippen LogP contribution in [0.3, 0.4) is 0 Å². The highest BCUT2D eigenvalue weighted by Gasteiger charge is 2.34. The van der Waals surface area contributed by atoms with Gasteiger partial charge in [-0.1, -0.05) is 12.1 Å².